The Balaban J connectivity index is 2.27. The highest BCUT2D eigenvalue weighted by Crippen LogP contribution is 2.23. The van der Waals surface area contributed by atoms with Crippen molar-refractivity contribution in [2.24, 2.45) is 0 Å². The second-order valence-electron chi connectivity index (χ2n) is 20.4. The molecule has 9 nitrogen and oxygen atoms in total. The van der Waals surface area contributed by atoms with Crippen LogP contribution in [0.25, 0.3) is 0 Å². The van der Waals surface area contributed by atoms with Crippen molar-refractivity contribution in [3.63, 3.8) is 0 Å². The molecule has 0 radical (unpaired) electrons. The van der Waals surface area contributed by atoms with Gasteiger partial charge in [0.25, 0.3) is 0 Å². The average molecular weight is 1020 g/mol. The summed E-state index contributed by atoms with van der Waals surface area (Å²) < 4.78 is 11.3. The molecule has 1 rings (SSSR count). The number of ether oxygens (including phenoxy) is 2. The van der Waals surface area contributed by atoms with E-state index >= 15 is 0 Å². The van der Waals surface area contributed by atoms with Crippen molar-refractivity contribution >= 4 is 5.91 Å². The van der Waals surface area contributed by atoms with Crippen molar-refractivity contribution in [3.8, 4) is 0 Å². The lowest BCUT2D eigenvalue weighted by Gasteiger charge is -2.40. The summed E-state index contributed by atoms with van der Waals surface area (Å²) in [5.74, 6) is -0.205. The van der Waals surface area contributed by atoms with Crippen molar-refractivity contribution in [2.45, 2.75) is 288 Å². The number of hydrogen-bond donors (Lipinski definition) is 6. The van der Waals surface area contributed by atoms with Crippen molar-refractivity contribution in [1.82, 2.24) is 5.32 Å². The molecule has 1 heterocycles. The molecule has 420 valence electrons. The fourth-order valence-corrected chi connectivity index (χ4v) is 8.92. The van der Waals surface area contributed by atoms with Gasteiger partial charge in [0.1, 0.15) is 24.4 Å². The number of rotatable bonds is 50. The zero-order chi connectivity index (χ0) is 52.9. The first kappa shape index (κ1) is 68.1. The Kier molecular flexibility index (Phi) is 49.0. The lowest BCUT2D eigenvalue weighted by Crippen LogP contribution is -2.60. The Morgan fingerprint density at radius 2 is 0.863 bits per heavy atom. The zero-order valence-corrected chi connectivity index (χ0v) is 46.6. The van der Waals surface area contributed by atoms with Crippen molar-refractivity contribution in [2.75, 3.05) is 13.2 Å². The smallest absolute Gasteiger partial charge is 0.220 e. The highest BCUT2D eigenvalue weighted by molar-refractivity contribution is 5.76. The first-order chi connectivity index (χ1) is 35.8. The quantitative estimate of drug-likeness (QED) is 0.0261. The van der Waals surface area contributed by atoms with Crippen LogP contribution in [0.5, 0.6) is 0 Å². The molecule has 1 fully saturated rings. The first-order valence-electron chi connectivity index (χ1n) is 30.0. The normalized spacial score (nSPS) is 19.8. The van der Waals surface area contributed by atoms with Gasteiger partial charge in [-0.25, -0.2) is 0 Å². The van der Waals surface area contributed by atoms with E-state index in [1.165, 1.54) is 135 Å². The highest BCUT2D eigenvalue weighted by atomic mass is 16.7. The summed E-state index contributed by atoms with van der Waals surface area (Å²) in [6.45, 7) is 3.65. The van der Waals surface area contributed by atoms with Gasteiger partial charge in [-0.2, -0.15) is 0 Å². The van der Waals surface area contributed by atoms with Gasteiger partial charge in [-0.15, -0.1) is 0 Å². The molecule has 73 heavy (non-hydrogen) atoms. The van der Waals surface area contributed by atoms with Gasteiger partial charge in [-0.05, 0) is 89.9 Å². The van der Waals surface area contributed by atoms with Crippen LogP contribution in [0.2, 0.25) is 0 Å². The number of hydrogen-bond acceptors (Lipinski definition) is 8. The summed E-state index contributed by atoms with van der Waals surface area (Å²) in [5, 5.41) is 54.5. The molecule has 7 atom stereocenters. The molecule has 0 aliphatic carbocycles. The lowest BCUT2D eigenvalue weighted by molar-refractivity contribution is -0.302. The highest BCUT2D eigenvalue weighted by Gasteiger charge is 2.44. The predicted octanol–water partition coefficient (Wildman–Crippen LogP) is 15.2. The van der Waals surface area contributed by atoms with Crippen LogP contribution in [0.1, 0.15) is 245 Å². The molecule has 1 aliphatic heterocycles. The largest absolute Gasteiger partial charge is 0.394 e. The van der Waals surface area contributed by atoms with Gasteiger partial charge >= 0.3 is 0 Å². The van der Waals surface area contributed by atoms with Gasteiger partial charge in [-0.3, -0.25) is 4.79 Å². The van der Waals surface area contributed by atoms with Crippen LogP contribution in [0.15, 0.2) is 97.2 Å². The molecule has 0 saturated carbocycles. The van der Waals surface area contributed by atoms with E-state index in [4.69, 9.17) is 9.47 Å². The van der Waals surface area contributed by atoms with Gasteiger partial charge in [0, 0.05) is 6.42 Å². The predicted molar refractivity (Wildman–Crippen MR) is 308 cm³/mol. The molecule has 1 aliphatic rings. The van der Waals surface area contributed by atoms with Gasteiger partial charge < -0.3 is 40.3 Å². The van der Waals surface area contributed by atoms with E-state index in [-0.39, 0.29) is 12.5 Å². The summed E-state index contributed by atoms with van der Waals surface area (Å²) in [7, 11) is 0. The van der Waals surface area contributed by atoms with Crippen LogP contribution < -0.4 is 5.32 Å². The Bertz CT molecular complexity index is 1460. The van der Waals surface area contributed by atoms with Gasteiger partial charge in [0.2, 0.25) is 5.91 Å². The van der Waals surface area contributed by atoms with Crippen molar-refractivity contribution in [1.29, 1.82) is 0 Å². The summed E-state index contributed by atoms with van der Waals surface area (Å²) in [6, 6.07) is -0.842. The molecule has 1 saturated heterocycles. The second kappa shape index (κ2) is 52.5. The average Bonchev–Trinajstić information content (AvgIpc) is 3.39. The number of carbonyl (C=O) groups is 1. The molecular weight excluding hydrogens is 911 g/mol. The zero-order valence-electron chi connectivity index (χ0n) is 46.6. The number of aliphatic hydroxyl groups excluding tert-OH is 5. The second-order valence-corrected chi connectivity index (χ2v) is 20.4. The first-order valence-corrected chi connectivity index (χ1v) is 30.0. The molecule has 0 bridgehead atoms. The number of amides is 1. The number of unbranched alkanes of at least 4 members (excludes halogenated alkanes) is 26. The van der Waals surface area contributed by atoms with Gasteiger partial charge in [-0.1, -0.05) is 246 Å². The maximum absolute atomic E-state index is 13.1. The SMILES string of the molecule is CC/C=C\C/C=C\C/C=C\C/C=C\C/C=C\CCCCCCCCCC(=O)NC(COC1OC(CO)C(O)C(O)C1O)C(O)/C=C/CC/C=C/CC/C=C/CCCCCCCCCCCCCCCCCCC. The molecule has 7 unspecified atom stereocenters. The van der Waals surface area contributed by atoms with Crippen molar-refractivity contribution in [3.05, 3.63) is 97.2 Å². The topological polar surface area (TPSA) is 149 Å². The summed E-state index contributed by atoms with van der Waals surface area (Å²) >= 11 is 0. The lowest BCUT2D eigenvalue weighted by atomic mass is 9.99. The van der Waals surface area contributed by atoms with Crippen LogP contribution in [-0.4, -0.2) is 87.5 Å². The van der Waals surface area contributed by atoms with E-state index in [1.54, 1.807) is 6.08 Å². The van der Waals surface area contributed by atoms with Crippen LogP contribution in [0.4, 0.5) is 0 Å². The van der Waals surface area contributed by atoms with Crippen molar-refractivity contribution < 1.29 is 39.8 Å². The Morgan fingerprint density at radius 1 is 0.479 bits per heavy atom. The Labute approximate surface area is 447 Å². The number of nitrogens with one attached hydrogen (secondary N) is 1. The van der Waals surface area contributed by atoms with E-state index < -0.39 is 49.5 Å². The van der Waals surface area contributed by atoms with Crippen LogP contribution in [0, 0.1) is 0 Å². The van der Waals surface area contributed by atoms with E-state index in [1.807, 2.05) is 6.08 Å². The molecule has 0 spiro atoms. The number of allylic oxidation sites excluding steroid dienone is 15. The Morgan fingerprint density at radius 3 is 1.32 bits per heavy atom. The van der Waals surface area contributed by atoms with Gasteiger partial charge in [0.05, 0.1) is 25.4 Å². The fourth-order valence-electron chi connectivity index (χ4n) is 8.92. The van der Waals surface area contributed by atoms with Crippen LogP contribution >= 0.6 is 0 Å². The summed E-state index contributed by atoms with van der Waals surface area (Å²) in [6.07, 6.45) is 69.1. The van der Waals surface area contributed by atoms with Crippen LogP contribution in [0.3, 0.4) is 0 Å². The molecule has 0 aromatic rings. The maximum Gasteiger partial charge on any atom is 0.220 e. The minimum atomic E-state index is -1.58. The number of carbonyl (C=O) groups excluding carboxylic acids is 1. The third-order valence-corrected chi connectivity index (χ3v) is 13.6. The molecule has 0 aromatic carbocycles. The molecule has 0 aromatic heterocycles. The Hall–Kier alpha value is -2.89. The molecule has 6 N–H and O–H groups in total. The molecular formula is C64H111NO8. The monoisotopic (exact) mass is 1020 g/mol. The summed E-state index contributed by atoms with van der Waals surface area (Å²) in [5.41, 5.74) is 0. The minimum absolute atomic E-state index is 0.205. The van der Waals surface area contributed by atoms with E-state index in [9.17, 15) is 30.3 Å². The van der Waals surface area contributed by atoms with Gasteiger partial charge in [0.15, 0.2) is 6.29 Å². The molecule has 9 heteroatoms. The summed E-state index contributed by atoms with van der Waals surface area (Å²) in [4.78, 5) is 13.1. The third-order valence-electron chi connectivity index (χ3n) is 13.6. The fraction of sp³-hybridized carbons (Fsp3) is 0.734. The van der Waals surface area contributed by atoms with Crippen LogP contribution in [-0.2, 0) is 14.3 Å². The van der Waals surface area contributed by atoms with E-state index in [0.717, 1.165) is 89.9 Å². The van der Waals surface area contributed by atoms with E-state index in [0.29, 0.717) is 6.42 Å². The third kappa shape index (κ3) is 42.0. The number of aliphatic hydroxyl groups is 5. The molecule has 1 amide bonds. The standard InChI is InChI=1S/C64H111NO8/c1-3-5-7-9-11-13-15-17-19-21-23-25-27-28-29-30-32-33-35-37-39-41-43-45-47-49-51-53-58(67)57(56-72-64-63(71)62(70)61(69)59(55-66)73-64)65-60(68)54-52-50-48-46-44-42-40-38-36-34-31-26-24-22-20-18-16-14-12-10-8-6-4-2/h6,8,12,14,18,20,24,26,34-37,43,45,51,53,57-59,61-64,66-67,69-71H,3-5,7,9-11,13,15-17,19,21-23,25,27-33,38-42,44,46-50,52,54-56H2,1-2H3,(H,65,68)/b8-6-,14-12-,20-18-,26-24-,36-34-,37-35+,45-43+,53-51+. The maximum atomic E-state index is 13.1. The van der Waals surface area contributed by atoms with E-state index in [2.05, 4.69) is 104 Å². The minimum Gasteiger partial charge on any atom is -0.394 e.